The molecule has 7 heteroatoms. The van der Waals surface area contributed by atoms with Crippen LogP contribution >= 0.6 is 0 Å². The summed E-state index contributed by atoms with van der Waals surface area (Å²) in [5.74, 6) is -0.391. The van der Waals surface area contributed by atoms with Gasteiger partial charge in [-0.1, -0.05) is 0 Å². The fourth-order valence-electron chi connectivity index (χ4n) is 1.67. The first-order valence-corrected chi connectivity index (χ1v) is 5.81. The van der Waals surface area contributed by atoms with E-state index >= 15 is 0 Å². The molecule has 0 unspecified atom stereocenters. The molecule has 2 aromatic carbocycles. The van der Waals surface area contributed by atoms with Gasteiger partial charge in [-0.05, 0) is 36.4 Å². The Labute approximate surface area is 118 Å². The van der Waals surface area contributed by atoms with Crippen molar-refractivity contribution in [3.05, 3.63) is 53.6 Å². The predicted molar refractivity (Wildman–Crippen MR) is 70.9 cm³/mol. The van der Waals surface area contributed by atoms with Crippen LogP contribution in [0.4, 0.5) is 18.9 Å². The van der Waals surface area contributed by atoms with Gasteiger partial charge in [0, 0.05) is 17.3 Å². The normalized spacial score (nSPS) is 11.2. The van der Waals surface area contributed by atoms with E-state index in [9.17, 15) is 18.0 Å². The molecule has 4 nitrogen and oxygen atoms in total. The Hall–Kier alpha value is -2.70. The smallest absolute Gasteiger partial charge is 0.416 e. The number of nitrogen functional groups attached to an aromatic ring is 1. The third kappa shape index (κ3) is 3.65. The number of ether oxygens (including phenoxy) is 1. The molecule has 4 N–H and O–H groups in total. The maximum absolute atomic E-state index is 12.7. The number of carbonyl (C=O) groups is 1. The molecule has 0 spiro atoms. The van der Waals surface area contributed by atoms with Crippen LogP contribution in [0.5, 0.6) is 11.5 Å². The summed E-state index contributed by atoms with van der Waals surface area (Å²) in [6.07, 6.45) is -4.51. The van der Waals surface area contributed by atoms with Crippen molar-refractivity contribution in [1.82, 2.24) is 0 Å². The van der Waals surface area contributed by atoms with Gasteiger partial charge in [-0.2, -0.15) is 13.2 Å². The average molecular weight is 296 g/mol. The van der Waals surface area contributed by atoms with Crippen molar-refractivity contribution in [2.24, 2.45) is 5.73 Å². The van der Waals surface area contributed by atoms with Gasteiger partial charge in [0.05, 0.1) is 5.56 Å². The number of rotatable bonds is 3. The van der Waals surface area contributed by atoms with Crippen molar-refractivity contribution in [2.75, 3.05) is 5.73 Å². The summed E-state index contributed by atoms with van der Waals surface area (Å²) in [5.41, 5.74) is 9.83. The second-order valence-electron chi connectivity index (χ2n) is 4.28. The standard InChI is InChI=1S/C14H11F3N2O2/c15-14(16,17)9-5-10(18)7-12(6-9)21-11-3-1-8(2-4-11)13(19)20/h1-7H,18H2,(H2,19,20). The van der Waals surface area contributed by atoms with Gasteiger partial charge in [0.1, 0.15) is 11.5 Å². The summed E-state index contributed by atoms with van der Waals surface area (Å²) in [6.45, 7) is 0. The van der Waals surface area contributed by atoms with Gasteiger partial charge in [-0.3, -0.25) is 4.79 Å². The quantitative estimate of drug-likeness (QED) is 0.854. The van der Waals surface area contributed by atoms with E-state index in [0.717, 1.165) is 12.1 Å². The van der Waals surface area contributed by atoms with Crippen molar-refractivity contribution in [3.63, 3.8) is 0 Å². The molecule has 0 bridgehead atoms. The zero-order valence-corrected chi connectivity index (χ0v) is 10.6. The Morgan fingerprint density at radius 3 is 2.14 bits per heavy atom. The maximum atomic E-state index is 12.7. The SMILES string of the molecule is NC(=O)c1ccc(Oc2cc(N)cc(C(F)(F)F)c2)cc1. The highest BCUT2D eigenvalue weighted by atomic mass is 19.4. The largest absolute Gasteiger partial charge is 0.457 e. The molecule has 21 heavy (non-hydrogen) atoms. The van der Waals surface area contributed by atoms with Gasteiger partial charge in [0.25, 0.3) is 0 Å². The van der Waals surface area contributed by atoms with Crippen LogP contribution in [0.2, 0.25) is 0 Å². The van der Waals surface area contributed by atoms with E-state index in [1.165, 1.54) is 30.3 Å². The van der Waals surface area contributed by atoms with E-state index in [2.05, 4.69) is 0 Å². The van der Waals surface area contributed by atoms with E-state index in [4.69, 9.17) is 16.2 Å². The molecular formula is C14H11F3N2O2. The van der Waals surface area contributed by atoms with Crippen LogP contribution in [-0.2, 0) is 6.18 Å². The number of primary amides is 1. The number of nitrogens with two attached hydrogens (primary N) is 2. The third-order valence-electron chi connectivity index (χ3n) is 2.63. The summed E-state index contributed by atoms with van der Waals surface area (Å²) < 4.78 is 43.3. The number of amides is 1. The predicted octanol–water partition coefficient (Wildman–Crippen LogP) is 3.18. The lowest BCUT2D eigenvalue weighted by molar-refractivity contribution is -0.137. The van der Waals surface area contributed by atoms with Gasteiger partial charge in [0.2, 0.25) is 5.91 Å². The monoisotopic (exact) mass is 296 g/mol. The molecule has 0 aromatic heterocycles. The highest BCUT2D eigenvalue weighted by Crippen LogP contribution is 2.34. The molecule has 0 atom stereocenters. The molecule has 0 heterocycles. The summed E-state index contributed by atoms with van der Waals surface area (Å²) in [5, 5.41) is 0. The minimum atomic E-state index is -4.51. The number of benzene rings is 2. The lowest BCUT2D eigenvalue weighted by atomic mass is 10.2. The van der Waals surface area contributed by atoms with Crippen molar-refractivity contribution >= 4 is 11.6 Å². The minimum Gasteiger partial charge on any atom is -0.457 e. The molecule has 0 aliphatic rings. The minimum absolute atomic E-state index is 0.0471. The first-order valence-electron chi connectivity index (χ1n) is 5.81. The van der Waals surface area contributed by atoms with Gasteiger partial charge < -0.3 is 16.2 Å². The van der Waals surface area contributed by atoms with E-state index < -0.39 is 17.6 Å². The topological polar surface area (TPSA) is 78.3 Å². The lowest BCUT2D eigenvalue weighted by Gasteiger charge is -2.11. The van der Waals surface area contributed by atoms with Crippen LogP contribution in [0.25, 0.3) is 0 Å². The van der Waals surface area contributed by atoms with E-state index in [-0.39, 0.29) is 22.7 Å². The molecule has 1 amide bonds. The number of carbonyl (C=O) groups excluding carboxylic acids is 1. The van der Waals surface area contributed by atoms with Crippen molar-refractivity contribution in [1.29, 1.82) is 0 Å². The Kier molecular flexibility index (Phi) is 3.75. The van der Waals surface area contributed by atoms with Crippen LogP contribution in [-0.4, -0.2) is 5.91 Å². The zero-order valence-electron chi connectivity index (χ0n) is 10.6. The van der Waals surface area contributed by atoms with Crippen LogP contribution < -0.4 is 16.2 Å². The Balaban J connectivity index is 2.27. The summed E-state index contributed by atoms with van der Waals surface area (Å²) in [7, 11) is 0. The molecule has 110 valence electrons. The van der Waals surface area contributed by atoms with Gasteiger partial charge in [-0.25, -0.2) is 0 Å². The number of hydrogen-bond acceptors (Lipinski definition) is 3. The van der Waals surface area contributed by atoms with Gasteiger partial charge in [0.15, 0.2) is 0 Å². The van der Waals surface area contributed by atoms with Gasteiger partial charge >= 0.3 is 6.18 Å². The number of halogens is 3. The fourth-order valence-corrected chi connectivity index (χ4v) is 1.67. The Morgan fingerprint density at radius 2 is 1.62 bits per heavy atom. The first-order chi connectivity index (χ1) is 9.75. The van der Waals surface area contributed by atoms with E-state index in [0.29, 0.717) is 0 Å². The summed E-state index contributed by atoms with van der Waals surface area (Å²) >= 11 is 0. The number of anilines is 1. The Bertz CT molecular complexity index is 667. The van der Waals surface area contributed by atoms with Crippen molar-refractivity contribution in [2.45, 2.75) is 6.18 Å². The number of hydrogen-bond donors (Lipinski definition) is 2. The number of alkyl halides is 3. The molecular weight excluding hydrogens is 285 g/mol. The van der Waals surface area contributed by atoms with Crippen molar-refractivity contribution < 1.29 is 22.7 Å². The lowest BCUT2D eigenvalue weighted by Crippen LogP contribution is -2.10. The second-order valence-corrected chi connectivity index (χ2v) is 4.28. The molecule has 0 aliphatic carbocycles. The fraction of sp³-hybridized carbons (Fsp3) is 0.0714. The van der Waals surface area contributed by atoms with E-state index in [1.807, 2.05) is 0 Å². The first kappa shape index (κ1) is 14.7. The maximum Gasteiger partial charge on any atom is 0.416 e. The summed E-state index contributed by atoms with van der Waals surface area (Å²) in [4.78, 5) is 10.9. The molecule has 0 saturated carbocycles. The van der Waals surface area contributed by atoms with Gasteiger partial charge in [-0.15, -0.1) is 0 Å². The second kappa shape index (κ2) is 5.35. The third-order valence-corrected chi connectivity index (χ3v) is 2.63. The Morgan fingerprint density at radius 1 is 1.00 bits per heavy atom. The zero-order chi connectivity index (χ0) is 15.6. The average Bonchev–Trinajstić information content (AvgIpc) is 2.37. The molecule has 2 rings (SSSR count). The summed E-state index contributed by atoms with van der Waals surface area (Å²) in [6, 6.07) is 8.62. The molecule has 0 saturated heterocycles. The highest BCUT2D eigenvalue weighted by Gasteiger charge is 2.31. The molecule has 2 aromatic rings. The molecule has 0 aliphatic heterocycles. The van der Waals surface area contributed by atoms with Crippen LogP contribution in [0.3, 0.4) is 0 Å². The van der Waals surface area contributed by atoms with Crippen LogP contribution in [0.1, 0.15) is 15.9 Å². The van der Waals surface area contributed by atoms with Crippen LogP contribution in [0, 0.1) is 0 Å². The van der Waals surface area contributed by atoms with Crippen LogP contribution in [0.15, 0.2) is 42.5 Å². The van der Waals surface area contributed by atoms with Crippen molar-refractivity contribution in [3.8, 4) is 11.5 Å². The van der Waals surface area contributed by atoms with E-state index in [1.54, 1.807) is 0 Å². The molecule has 0 fully saturated rings. The molecule has 0 radical (unpaired) electrons. The highest BCUT2D eigenvalue weighted by molar-refractivity contribution is 5.92.